The Kier molecular flexibility index (Phi) is 5.94. The molecule has 1 atom stereocenters. The van der Waals surface area contributed by atoms with Gasteiger partial charge in [-0.2, -0.15) is 0 Å². The largest absolute Gasteiger partial charge is 0.491 e. The molecule has 0 unspecified atom stereocenters. The van der Waals surface area contributed by atoms with Crippen molar-refractivity contribution in [2.75, 3.05) is 4.90 Å². The topological polar surface area (TPSA) is 75.7 Å². The smallest absolute Gasteiger partial charge is 0.335 e. The molecule has 1 aliphatic heterocycles. The number of imide groups is 2. The number of carbonyl (C=O) groups is 3. The maximum absolute atomic E-state index is 12.8. The van der Waals surface area contributed by atoms with Crippen LogP contribution in [0.2, 0.25) is 0 Å². The van der Waals surface area contributed by atoms with Gasteiger partial charge in [0.15, 0.2) is 0 Å². The molecule has 0 spiro atoms. The average molecular weight is 443 g/mol. The zero-order valence-corrected chi connectivity index (χ0v) is 17.0. The molecular formula is C21H19BrN2O4. The van der Waals surface area contributed by atoms with E-state index in [-0.39, 0.29) is 11.7 Å². The fraction of sp³-hybridized carbons (Fsp3) is 0.190. The molecule has 0 radical (unpaired) electrons. The minimum absolute atomic E-state index is 0.0976. The maximum Gasteiger partial charge on any atom is 0.335 e. The van der Waals surface area contributed by atoms with Crippen LogP contribution in [0.5, 0.6) is 5.75 Å². The fourth-order valence-corrected chi connectivity index (χ4v) is 2.87. The molecule has 0 saturated carbocycles. The highest BCUT2D eigenvalue weighted by Gasteiger charge is 2.36. The highest BCUT2D eigenvalue weighted by atomic mass is 79.9. The first-order valence-corrected chi connectivity index (χ1v) is 9.62. The first kappa shape index (κ1) is 19.8. The van der Waals surface area contributed by atoms with E-state index in [1.807, 2.05) is 13.8 Å². The number of nitrogens with one attached hydrogen (secondary N) is 1. The molecule has 144 valence electrons. The third-order valence-corrected chi connectivity index (χ3v) is 4.82. The molecule has 1 aliphatic rings. The molecule has 1 saturated heterocycles. The van der Waals surface area contributed by atoms with Crippen molar-refractivity contribution >= 4 is 45.5 Å². The second-order valence-corrected chi connectivity index (χ2v) is 7.26. The Morgan fingerprint density at radius 2 is 1.71 bits per heavy atom. The van der Waals surface area contributed by atoms with E-state index in [9.17, 15) is 14.4 Å². The summed E-state index contributed by atoms with van der Waals surface area (Å²) in [6, 6.07) is 13.0. The van der Waals surface area contributed by atoms with Crippen LogP contribution in [-0.4, -0.2) is 23.9 Å². The van der Waals surface area contributed by atoms with Crippen molar-refractivity contribution in [3.8, 4) is 5.75 Å². The molecule has 3 rings (SSSR count). The van der Waals surface area contributed by atoms with Gasteiger partial charge in [-0.05, 0) is 61.4 Å². The van der Waals surface area contributed by atoms with E-state index in [0.29, 0.717) is 17.0 Å². The quantitative estimate of drug-likeness (QED) is 0.553. The van der Waals surface area contributed by atoms with Crippen molar-refractivity contribution in [1.82, 2.24) is 5.32 Å². The monoisotopic (exact) mass is 442 g/mol. The number of urea groups is 1. The van der Waals surface area contributed by atoms with Gasteiger partial charge in [-0.15, -0.1) is 0 Å². The standard InChI is InChI=1S/C21H19BrN2O4/c1-3-13(2)28-17-10-4-14(5-11-17)12-18-19(25)23-21(27)24(20(18)26)16-8-6-15(22)7-9-16/h4-13H,3H2,1-2H3,(H,23,25,27)/b18-12+/t13-/m1/s1. The predicted octanol–water partition coefficient (Wildman–Crippen LogP) is 4.29. The number of rotatable bonds is 5. The van der Waals surface area contributed by atoms with E-state index in [0.717, 1.165) is 15.8 Å². The highest BCUT2D eigenvalue weighted by molar-refractivity contribution is 9.10. The molecule has 1 fully saturated rings. The summed E-state index contributed by atoms with van der Waals surface area (Å²) in [5.41, 5.74) is 0.916. The van der Waals surface area contributed by atoms with Crippen LogP contribution in [0, 0.1) is 0 Å². The minimum atomic E-state index is -0.772. The van der Waals surface area contributed by atoms with Gasteiger partial charge in [0.2, 0.25) is 0 Å². The van der Waals surface area contributed by atoms with Gasteiger partial charge in [0, 0.05) is 4.47 Å². The zero-order chi connectivity index (χ0) is 20.3. The first-order chi connectivity index (χ1) is 13.4. The number of amides is 4. The summed E-state index contributed by atoms with van der Waals surface area (Å²) in [6.45, 7) is 4.02. The zero-order valence-electron chi connectivity index (χ0n) is 15.4. The molecular weight excluding hydrogens is 424 g/mol. The summed E-state index contributed by atoms with van der Waals surface area (Å²) < 4.78 is 6.54. The second kappa shape index (κ2) is 8.39. The van der Waals surface area contributed by atoms with Gasteiger partial charge in [0.1, 0.15) is 11.3 Å². The van der Waals surface area contributed by atoms with E-state index in [1.54, 1.807) is 48.5 Å². The van der Waals surface area contributed by atoms with Crippen LogP contribution in [-0.2, 0) is 9.59 Å². The van der Waals surface area contributed by atoms with Crippen molar-refractivity contribution in [3.63, 3.8) is 0 Å². The van der Waals surface area contributed by atoms with Crippen molar-refractivity contribution in [2.24, 2.45) is 0 Å². The van der Waals surface area contributed by atoms with Crippen molar-refractivity contribution in [3.05, 3.63) is 64.1 Å². The summed E-state index contributed by atoms with van der Waals surface area (Å²) in [5.74, 6) is -0.679. The molecule has 6 nitrogen and oxygen atoms in total. The molecule has 4 amide bonds. The van der Waals surface area contributed by atoms with Crippen LogP contribution in [0.15, 0.2) is 58.6 Å². The van der Waals surface area contributed by atoms with Crippen LogP contribution in [0.25, 0.3) is 6.08 Å². The molecule has 2 aromatic rings. The molecule has 0 bridgehead atoms. The number of ether oxygens (including phenoxy) is 1. The summed E-state index contributed by atoms with van der Waals surface area (Å²) in [6.07, 6.45) is 2.45. The van der Waals surface area contributed by atoms with E-state index in [4.69, 9.17) is 4.74 Å². The number of carbonyl (C=O) groups excluding carboxylic acids is 3. The lowest BCUT2D eigenvalue weighted by Crippen LogP contribution is -2.54. The number of barbiturate groups is 1. The summed E-state index contributed by atoms with van der Waals surface area (Å²) in [7, 11) is 0. The van der Waals surface area contributed by atoms with Crippen molar-refractivity contribution < 1.29 is 19.1 Å². The molecule has 1 heterocycles. The lowest BCUT2D eigenvalue weighted by atomic mass is 10.1. The fourth-order valence-electron chi connectivity index (χ4n) is 2.61. The van der Waals surface area contributed by atoms with E-state index in [2.05, 4.69) is 21.2 Å². The summed E-state index contributed by atoms with van der Waals surface area (Å²) in [5, 5.41) is 2.21. The number of hydrogen-bond donors (Lipinski definition) is 1. The first-order valence-electron chi connectivity index (χ1n) is 8.82. The third-order valence-electron chi connectivity index (χ3n) is 4.29. The van der Waals surface area contributed by atoms with Gasteiger partial charge in [-0.25, -0.2) is 9.69 Å². The average Bonchev–Trinajstić information content (AvgIpc) is 2.67. The Balaban J connectivity index is 1.87. The normalized spacial score (nSPS) is 16.9. The number of benzene rings is 2. The van der Waals surface area contributed by atoms with Gasteiger partial charge < -0.3 is 4.74 Å². The predicted molar refractivity (Wildman–Crippen MR) is 110 cm³/mol. The lowest BCUT2D eigenvalue weighted by molar-refractivity contribution is -0.122. The van der Waals surface area contributed by atoms with E-state index in [1.165, 1.54) is 6.08 Å². The number of hydrogen-bond acceptors (Lipinski definition) is 4. The van der Waals surface area contributed by atoms with Crippen LogP contribution >= 0.6 is 15.9 Å². The van der Waals surface area contributed by atoms with Crippen LogP contribution in [0.3, 0.4) is 0 Å². The Morgan fingerprint density at radius 1 is 1.07 bits per heavy atom. The van der Waals surface area contributed by atoms with Gasteiger partial charge >= 0.3 is 6.03 Å². The molecule has 0 aliphatic carbocycles. The van der Waals surface area contributed by atoms with Crippen molar-refractivity contribution in [1.29, 1.82) is 0 Å². The van der Waals surface area contributed by atoms with Gasteiger partial charge in [0.05, 0.1) is 11.8 Å². The van der Waals surface area contributed by atoms with Gasteiger partial charge in [-0.3, -0.25) is 14.9 Å². The molecule has 7 heteroatoms. The van der Waals surface area contributed by atoms with E-state index < -0.39 is 17.8 Å². The third kappa shape index (κ3) is 4.31. The molecule has 2 aromatic carbocycles. The number of anilines is 1. The van der Waals surface area contributed by atoms with Crippen LogP contribution in [0.1, 0.15) is 25.8 Å². The Hall–Kier alpha value is -2.93. The van der Waals surface area contributed by atoms with Crippen LogP contribution in [0.4, 0.5) is 10.5 Å². The van der Waals surface area contributed by atoms with Crippen LogP contribution < -0.4 is 15.0 Å². The number of halogens is 1. The van der Waals surface area contributed by atoms with E-state index >= 15 is 0 Å². The highest BCUT2D eigenvalue weighted by Crippen LogP contribution is 2.24. The Morgan fingerprint density at radius 3 is 2.32 bits per heavy atom. The molecule has 1 N–H and O–H groups in total. The maximum atomic E-state index is 12.8. The molecule has 0 aromatic heterocycles. The lowest BCUT2D eigenvalue weighted by Gasteiger charge is -2.26. The van der Waals surface area contributed by atoms with Gasteiger partial charge in [-0.1, -0.05) is 35.0 Å². The van der Waals surface area contributed by atoms with Crippen molar-refractivity contribution in [2.45, 2.75) is 26.4 Å². The second-order valence-electron chi connectivity index (χ2n) is 6.34. The SMILES string of the molecule is CC[C@@H](C)Oc1ccc(/C=C2\C(=O)NC(=O)N(c3ccc(Br)cc3)C2=O)cc1. The summed E-state index contributed by atoms with van der Waals surface area (Å²) >= 11 is 3.31. The Labute approximate surface area is 171 Å². The number of nitrogens with zero attached hydrogens (tertiary/aromatic N) is 1. The summed E-state index contributed by atoms with van der Waals surface area (Å²) in [4.78, 5) is 38.2. The Bertz CT molecular complexity index is 936. The van der Waals surface area contributed by atoms with Gasteiger partial charge in [0.25, 0.3) is 11.8 Å². The minimum Gasteiger partial charge on any atom is -0.491 e. The molecule has 28 heavy (non-hydrogen) atoms.